The van der Waals surface area contributed by atoms with Crippen molar-refractivity contribution < 1.29 is 4.74 Å². The van der Waals surface area contributed by atoms with E-state index >= 15 is 0 Å². The highest BCUT2D eigenvalue weighted by atomic mass is 16.5. The van der Waals surface area contributed by atoms with Crippen LogP contribution in [0.15, 0.2) is 0 Å². The van der Waals surface area contributed by atoms with Gasteiger partial charge >= 0.3 is 0 Å². The Labute approximate surface area is 64.2 Å². The van der Waals surface area contributed by atoms with Gasteiger partial charge in [0.05, 0.1) is 13.3 Å². The molecule has 0 saturated carbocycles. The Morgan fingerprint density at radius 3 is 2.20 bits per heavy atom. The van der Waals surface area contributed by atoms with Crippen molar-refractivity contribution in [3.63, 3.8) is 0 Å². The lowest BCUT2D eigenvalue weighted by Gasteiger charge is -2.16. The van der Waals surface area contributed by atoms with Gasteiger partial charge in [-0.25, -0.2) is 0 Å². The zero-order valence-corrected chi connectivity index (χ0v) is 7.26. The number of hydrogen-bond donors (Lipinski definition) is 0. The minimum atomic E-state index is 0.737. The van der Waals surface area contributed by atoms with E-state index in [1.807, 2.05) is 6.61 Å². The SMILES string of the molecule is CC[CH]OCN(CC)CC. The first-order valence-electron chi connectivity index (χ1n) is 4.00. The van der Waals surface area contributed by atoms with Gasteiger partial charge in [-0.2, -0.15) is 0 Å². The van der Waals surface area contributed by atoms with Gasteiger partial charge in [0.25, 0.3) is 0 Å². The molecule has 10 heavy (non-hydrogen) atoms. The van der Waals surface area contributed by atoms with E-state index in [1.54, 1.807) is 0 Å². The van der Waals surface area contributed by atoms with Crippen molar-refractivity contribution in [1.82, 2.24) is 4.90 Å². The third kappa shape index (κ3) is 4.77. The second kappa shape index (κ2) is 7.03. The van der Waals surface area contributed by atoms with Crippen LogP contribution < -0.4 is 0 Å². The molecule has 0 bridgehead atoms. The molecule has 0 atom stereocenters. The van der Waals surface area contributed by atoms with Crippen molar-refractivity contribution >= 4 is 0 Å². The fourth-order valence-electron chi connectivity index (χ4n) is 0.682. The summed E-state index contributed by atoms with van der Waals surface area (Å²) in [6, 6.07) is 0. The molecule has 0 heterocycles. The van der Waals surface area contributed by atoms with E-state index in [4.69, 9.17) is 4.74 Å². The Kier molecular flexibility index (Phi) is 6.98. The molecule has 0 aliphatic carbocycles. The van der Waals surface area contributed by atoms with Crippen LogP contribution in [0.4, 0.5) is 0 Å². The molecule has 0 aliphatic heterocycles. The predicted molar refractivity (Wildman–Crippen MR) is 43.5 cm³/mol. The Morgan fingerprint density at radius 2 is 1.80 bits per heavy atom. The summed E-state index contributed by atoms with van der Waals surface area (Å²) in [5.74, 6) is 0. The summed E-state index contributed by atoms with van der Waals surface area (Å²) in [7, 11) is 0. The van der Waals surface area contributed by atoms with E-state index in [2.05, 4.69) is 25.7 Å². The minimum Gasteiger partial charge on any atom is -0.360 e. The van der Waals surface area contributed by atoms with E-state index < -0.39 is 0 Å². The van der Waals surface area contributed by atoms with Gasteiger partial charge in [0.2, 0.25) is 0 Å². The zero-order valence-electron chi connectivity index (χ0n) is 7.26. The smallest absolute Gasteiger partial charge is 0.0995 e. The molecule has 1 radical (unpaired) electrons. The Hall–Kier alpha value is -0.0800. The molecule has 0 saturated heterocycles. The molecule has 2 nitrogen and oxygen atoms in total. The van der Waals surface area contributed by atoms with Gasteiger partial charge in [-0.05, 0) is 19.5 Å². The summed E-state index contributed by atoms with van der Waals surface area (Å²) in [5.41, 5.74) is 0. The fraction of sp³-hybridized carbons (Fsp3) is 0.875. The maximum Gasteiger partial charge on any atom is 0.0995 e. The molecule has 61 valence electrons. The van der Waals surface area contributed by atoms with E-state index in [1.165, 1.54) is 0 Å². The van der Waals surface area contributed by atoms with Gasteiger partial charge in [0.15, 0.2) is 0 Å². The monoisotopic (exact) mass is 144 g/mol. The largest absolute Gasteiger partial charge is 0.360 e. The van der Waals surface area contributed by atoms with Crippen LogP contribution in [-0.2, 0) is 4.74 Å². The second-order valence-corrected chi connectivity index (χ2v) is 2.17. The highest BCUT2D eigenvalue weighted by Crippen LogP contribution is 1.91. The summed E-state index contributed by atoms with van der Waals surface area (Å²) in [6.07, 6.45) is 0.987. The number of hydrogen-bond acceptors (Lipinski definition) is 2. The summed E-state index contributed by atoms with van der Waals surface area (Å²) in [6.45, 7) is 11.1. The van der Waals surface area contributed by atoms with Crippen LogP contribution in [-0.4, -0.2) is 24.7 Å². The van der Waals surface area contributed by atoms with Gasteiger partial charge in [-0.1, -0.05) is 20.8 Å². The predicted octanol–water partition coefficient (Wildman–Crippen LogP) is 1.87. The van der Waals surface area contributed by atoms with Crippen LogP contribution in [0.2, 0.25) is 0 Å². The average molecular weight is 144 g/mol. The van der Waals surface area contributed by atoms with Gasteiger partial charge < -0.3 is 4.74 Å². The maximum absolute atomic E-state index is 5.23. The first-order chi connectivity index (χ1) is 4.85. The summed E-state index contributed by atoms with van der Waals surface area (Å²) in [5, 5.41) is 0. The van der Waals surface area contributed by atoms with Gasteiger partial charge in [-0.15, -0.1) is 0 Å². The van der Waals surface area contributed by atoms with Crippen LogP contribution in [0.25, 0.3) is 0 Å². The van der Waals surface area contributed by atoms with Crippen molar-refractivity contribution in [1.29, 1.82) is 0 Å². The molecular formula is C8H18NO. The van der Waals surface area contributed by atoms with Crippen molar-refractivity contribution in [2.45, 2.75) is 27.2 Å². The van der Waals surface area contributed by atoms with Crippen molar-refractivity contribution in [3.05, 3.63) is 6.61 Å². The first-order valence-corrected chi connectivity index (χ1v) is 4.00. The third-order valence-electron chi connectivity index (χ3n) is 1.44. The van der Waals surface area contributed by atoms with Crippen LogP contribution in [0, 0.1) is 6.61 Å². The molecule has 0 spiro atoms. The lowest BCUT2D eigenvalue weighted by Crippen LogP contribution is -2.25. The maximum atomic E-state index is 5.23. The molecule has 0 N–H and O–H groups in total. The highest BCUT2D eigenvalue weighted by Gasteiger charge is 1.96. The van der Waals surface area contributed by atoms with Crippen LogP contribution >= 0.6 is 0 Å². The summed E-state index contributed by atoms with van der Waals surface area (Å²) in [4.78, 5) is 2.23. The quantitative estimate of drug-likeness (QED) is 0.417. The number of nitrogens with zero attached hydrogens (tertiary/aromatic N) is 1. The standard InChI is InChI=1S/C8H18NO/c1-4-7-10-8-9(5-2)6-3/h7H,4-6,8H2,1-3H3. The Balaban J connectivity index is 3.09. The molecule has 0 unspecified atom stereocenters. The molecule has 0 aromatic heterocycles. The zero-order chi connectivity index (χ0) is 7.82. The molecule has 0 aromatic carbocycles. The summed E-state index contributed by atoms with van der Waals surface area (Å²) < 4.78 is 5.23. The van der Waals surface area contributed by atoms with E-state index in [9.17, 15) is 0 Å². The molecule has 0 aliphatic rings. The number of rotatable bonds is 6. The first kappa shape index (κ1) is 9.92. The number of ether oxygens (including phenoxy) is 1. The second-order valence-electron chi connectivity index (χ2n) is 2.17. The van der Waals surface area contributed by atoms with Crippen LogP contribution in [0.5, 0.6) is 0 Å². The molecule has 0 fully saturated rings. The van der Waals surface area contributed by atoms with Crippen molar-refractivity contribution in [2.24, 2.45) is 0 Å². The van der Waals surface area contributed by atoms with Crippen LogP contribution in [0.3, 0.4) is 0 Å². The molecular weight excluding hydrogens is 126 g/mol. The normalized spacial score (nSPS) is 10.8. The fourth-order valence-corrected chi connectivity index (χ4v) is 0.682. The average Bonchev–Trinajstić information content (AvgIpc) is 1.99. The summed E-state index contributed by atoms with van der Waals surface area (Å²) >= 11 is 0. The molecule has 2 heteroatoms. The molecule has 0 amide bonds. The lowest BCUT2D eigenvalue weighted by molar-refractivity contribution is 0.0707. The molecule has 0 aromatic rings. The van der Waals surface area contributed by atoms with Crippen molar-refractivity contribution in [3.8, 4) is 0 Å². The van der Waals surface area contributed by atoms with Gasteiger partial charge in [0, 0.05) is 0 Å². The van der Waals surface area contributed by atoms with Gasteiger partial charge in [-0.3, -0.25) is 4.90 Å². The van der Waals surface area contributed by atoms with E-state index in [-0.39, 0.29) is 0 Å². The van der Waals surface area contributed by atoms with E-state index in [0.29, 0.717) is 0 Å². The van der Waals surface area contributed by atoms with Crippen LogP contribution in [0.1, 0.15) is 27.2 Å². The van der Waals surface area contributed by atoms with Gasteiger partial charge in [0.1, 0.15) is 0 Å². The highest BCUT2D eigenvalue weighted by molar-refractivity contribution is 4.47. The third-order valence-corrected chi connectivity index (χ3v) is 1.44. The van der Waals surface area contributed by atoms with Crippen molar-refractivity contribution in [2.75, 3.05) is 19.8 Å². The Morgan fingerprint density at radius 1 is 1.20 bits per heavy atom. The minimum absolute atomic E-state index is 0.737. The lowest BCUT2D eigenvalue weighted by atomic mass is 10.5. The molecule has 0 rings (SSSR count). The van der Waals surface area contributed by atoms with E-state index in [0.717, 1.165) is 26.2 Å². The Bertz CT molecular complexity index is 62.3. The topological polar surface area (TPSA) is 12.5 Å².